The van der Waals surface area contributed by atoms with Crippen molar-refractivity contribution in [2.75, 3.05) is 0 Å². The number of carbonyl (C=O) groups is 2. The van der Waals surface area contributed by atoms with Crippen LogP contribution in [-0.2, 0) is 9.59 Å². The van der Waals surface area contributed by atoms with Gasteiger partial charge in [0.2, 0.25) is 0 Å². The Bertz CT molecular complexity index is 608. The van der Waals surface area contributed by atoms with Crippen molar-refractivity contribution in [3.63, 3.8) is 0 Å². The number of hydrogen-bond acceptors (Lipinski definition) is 2. The van der Waals surface area contributed by atoms with Crippen molar-refractivity contribution in [3.8, 4) is 0 Å². The Hall–Kier alpha value is -1.12. The highest BCUT2D eigenvalue weighted by molar-refractivity contribution is 6.02. The lowest BCUT2D eigenvalue weighted by molar-refractivity contribution is -0.191. The molecule has 5 fully saturated rings. The Labute approximate surface area is 138 Å². The van der Waals surface area contributed by atoms with Crippen LogP contribution in [0.3, 0.4) is 0 Å². The second kappa shape index (κ2) is 4.49. The highest BCUT2D eigenvalue weighted by atomic mass is 16.4. The molecule has 0 aromatic heterocycles. The molecular weight excluding hydrogens is 288 g/mol. The summed E-state index contributed by atoms with van der Waals surface area (Å²) in [5.41, 5.74) is 0.0315. The van der Waals surface area contributed by atoms with E-state index in [0.29, 0.717) is 17.6 Å². The first-order chi connectivity index (χ1) is 10.8. The van der Waals surface area contributed by atoms with Gasteiger partial charge in [0.05, 0.1) is 5.41 Å². The molecule has 0 saturated heterocycles. The van der Waals surface area contributed by atoms with E-state index in [0.717, 1.165) is 56.9 Å². The molecule has 0 unspecified atom stereocenters. The number of carboxylic acids is 1. The van der Waals surface area contributed by atoms with E-state index in [1.807, 2.05) is 6.92 Å². The van der Waals surface area contributed by atoms with Gasteiger partial charge in [-0.2, -0.15) is 0 Å². The minimum Gasteiger partial charge on any atom is -0.481 e. The molecule has 1 spiro atoms. The number of fused-ring (bicyclic) bond motifs is 3. The van der Waals surface area contributed by atoms with Gasteiger partial charge >= 0.3 is 5.97 Å². The third-order valence-electron chi connectivity index (χ3n) is 8.50. The van der Waals surface area contributed by atoms with E-state index in [9.17, 15) is 14.7 Å². The predicted molar refractivity (Wildman–Crippen MR) is 87.8 cm³/mol. The molecule has 0 aromatic carbocycles. The van der Waals surface area contributed by atoms with Crippen LogP contribution in [0.2, 0.25) is 0 Å². The van der Waals surface area contributed by atoms with Crippen LogP contribution in [0.25, 0.3) is 0 Å². The second-order valence-corrected chi connectivity index (χ2v) is 9.21. The third-order valence-corrected chi connectivity index (χ3v) is 8.50. The van der Waals surface area contributed by atoms with Gasteiger partial charge in [0.15, 0.2) is 5.78 Å². The van der Waals surface area contributed by atoms with Gasteiger partial charge in [-0.3, -0.25) is 9.59 Å². The fourth-order valence-electron chi connectivity index (χ4n) is 7.28. The van der Waals surface area contributed by atoms with Gasteiger partial charge in [0, 0.05) is 5.41 Å². The number of carboxylic acid groups (broad SMARTS) is 1. The maximum atomic E-state index is 13.0. The summed E-state index contributed by atoms with van der Waals surface area (Å²) in [6.07, 6.45) is 7.79. The van der Waals surface area contributed by atoms with Crippen LogP contribution in [0, 0.1) is 34.0 Å². The van der Waals surface area contributed by atoms with Crippen molar-refractivity contribution >= 4 is 11.8 Å². The zero-order valence-electron chi connectivity index (χ0n) is 14.4. The topological polar surface area (TPSA) is 54.4 Å². The van der Waals surface area contributed by atoms with Crippen molar-refractivity contribution < 1.29 is 14.7 Å². The van der Waals surface area contributed by atoms with E-state index < -0.39 is 11.4 Å². The monoisotopic (exact) mass is 316 g/mol. The van der Waals surface area contributed by atoms with E-state index in [1.165, 1.54) is 0 Å². The van der Waals surface area contributed by atoms with Gasteiger partial charge in [-0.25, -0.2) is 0 Å². The van der Waals surface area contributed by atoms with Crippen LogP contribution >= 0.6 is 0 Å². The van der Waals surface area contributed by atoms with Gasteiger partial charge < -0.3 is 5.11 Å². The SMILES string of the molecule is C=C1C(=O)[C@]23CC[C@H]1C[C@H]2[C@]1(C)CCC[C@@](C)(C(=O)O)[C@H]1CC3. The summed E-state index contributed by atoms with van der Waals surface area (Å²) in [5.74, 6) is 0.609. The van der Waals surface area contributed by atoms with Crippen LogP contribution < -0.4 is 0 Å². The highest BCUT2D eigenvalue weighted by Gasteiger charge is 2.67. The van der Waals surface area contributed by atoms with Crippen LogP contribution in [0.15, 0.2) is 12.2 Å². The molecule has 3 heteroatoms. The Morgan fingerprint density at radius 1 is 1.13 bits per heavy atom. The minimum atomic E-state index is -0.638. The van der Waals surface area contributed by atoms with Crippen LogP contribution in [0.1, 0.15) is 65.2 Å². The van der Waals surface area contributed by atoms with Crippen molar-refractivity contribution in [3.05, 3.63) is 12.2 Å². The average molecular weight is 316 g/mol. The lowest BCUT2D eigenvalue weighted by atomic mass is 9.36. The van der Waals surface area contributed by atoms with Gasteiger partial charge in [-0.05, 0) is 80.6 Å². The number of carbonyl (C=O) groups excluding carboxylic acids is 1. The lowest BCUT2D eigenvalue weighted by Gasteiger charge is -2.66. The van der Waals surface area contributed by atoms with Crippen molar-refractivity contribution in [1.29, 1.82) is 0 Å². The number of Topliss-reactive ketones (excluding diaryl/α,β-unsaturated/α-hetero) is 1. The first-order valence-electron chi connectivity index (χ1n) is 9.23. The second-order valence-electron chi connectivity index (χ2n) is 9.21. The minimum absolute atomic E-state index is 0.00132. The number of ketones is 1. The Morgan fingerprint density at radius 3 is 2.52 bits per heavy atom. The van der Waals surface area contributed by atoms with Crippen LogP contribution in [0.4, 0.5) is 0 Å². The summed E-state index contributed by atoms with van der Waals surface area (Å²) < 4.78 is 0. The normalized spacial score (nSPS) is 52.0. The molecule has 0 aliphatic heterocycles. The fraction of sp³-hybridized carbons (Fsp3) is 0.800. The number of hydrogen-bond donors (Lipinski definition) is 1. The molecule has 5 rings (SSSR count). The fourth-order valence-corrected chi connectivity index (χ4v) is 7.28. The van der Waals surface area contributed by atoms with Crippen molar-refractivity contribution in [2.24, 2.45) is 34.0 Å². The van der Waals surface area contributed by atoms with Gasteiger partial charge in [0.25, 0.3) is 0 Å². The zero-order chi connectivity index (χ0) is 16.6. The molecule has 126 valence electrons. The summed E-state index contributed by atoms with van der Waals surface area (Å²) >= 11 is 0. The molecular formula is C20H28O3. The summed E-state index contributed by atoms with van der Waals surface area (Å²) in [7, 11) is 0. The Kier molecular flexibility index (Phi) is 3.01. The molecule has 23 heavy (non-hydrogen) atoms. The molecule has 6 atom stereocenters. The zero-order valence-corrected chi connectivity index (χ0v) is 14.4. The van der Waals surface area contributed by atoms with Crippen molar-refractivity contribution in [1.82, 2.24) is 0 Å². The molecule has 1 N–H and O–H groups in total. The summed E-state index contributed by atoms with van der Waals surface area (Å²) in [4.78, 5) is 25.1. The molecule has 0 heterocycles. The quantitative estimate of drug-likeness (QED) is 0.737. The maximum Gasteiger partial charge on any atom is 0.309 e. The standard InChI is InChI=1S/C20H28O3/c1-12-13-5-9-20(16(12)21)10-6-14-18(2,15(20)11-13)7-4-8-19(14,3)17(22)23/h13-15H,1,4-11H2,2-3H3,(H,22,23)/t13-,14-,15-,18+,19+,20-/m0/s1. The van der Waals surface area contributed by atoms with Crippen LogP contribution in [-0.4, -0.2) is 16.9 Å². The first-order valence-corrected chi connectivity index (χ1v) is 9.23. The van der Waals surface area contributed by atoms with E-state index >= 15 is 0 Å². The third kappa shape index (κ3) is 1.66. The predicted octanol–water partition coefficient (Wildman–Crippen LogP) is 4.22. The molecule has 0 amide bonds. The van der Waals surface area contributed by atoms with E-state index in [4.69, 9.17) is 0 Å². The summed E-state index contributed by atoms with van der Waals surface area (Å²) in [6.45, 7) is 8.37. The summed E-state index contributed by atoms with van der Waals surface area (Å²) in [5, 5.41) is 9.89. The molecule has 0 radical (unpaired) electrons. The van der Waals surface area contributed by atoms with E-state index in [1.54, 1.807) is 0 Å². The van der Waals surface area contributed by atoms with Gasteiger partial charge in [0.1, 0.15) is 0 Å². The van der Waals surface area contributed by atoms with Crippen molar-refractivity contribution in [2.45, 2.75) is 65.2 Å². The average Bonchev–Trinajstić information content (AvgIpc) is 2.51. The van der Waals surface area contributed by atoms with Crippen LogP contribution in [0.5, 0.6) is 0 Å². The molecule has 2 bridgehead atoms. The Balaban J connectivity index is 1.80. The van der Waals surface area contributed by atoms with E-state index in [2.05, 4.69) is 13.5 Å². The number of allylic oxidation sites excluding steroid dienone is 1. The largest absolute Gasteiger partial charge is 0.481 e. The summed E-state index contributed by atoms with van der Waals surface area (Å²) in [6, 6.07) is 0. The molecule has 5 saturated carbocycles. The molecule has 5 aliphatic rings. The smallest absolute Gasteiger partial charge is 0.309 e. The highest BCUT2D eigenvalue weighted by Crippen LogP contribution is 2.71. The maximum absolute atomic E-state index is 13.0. The molecule has 0 aromatic rings. The number of rotatable bonds is 1. The van der Waals surface area contributed by atoms with Gasteiger partial charge in [-0.15, -0.1) is 0 Å². The van der Waals surface area contributed by atoms with Gasteiger partial charge in [-0.1, -0.05) is 19.9 Å². The lowest BCUT2D eigenvalue weighted by Crippen LogP contribution is -2.63. The molecule has 3 nitrogen and oxygen atoms in total. The molecule has 5 aliphatic carbocycles. The Morgan fingerprint density at radius 2 is 1.83 bits per heavy atom. The first kappa shape index (κ1) is 15.4. The number of aliphatic carboxylic acids is 1. The van der Waals surface area contributed by atoms with E-state index in [-0.39, 0.29) is 16.7 Å².